The molecule has 9 rings (SSSR count). The molecule has 6 aromatic rings. The highest BCUT2D eigenvalue weighted by atomic mass is 16.6. The first-order chi connectivity index (χ1) is 37.3. The van der Waals surface area contributed by atoms with E-state index in [1.54, 1.807) is 0 Å². The lowest BCUT2D eigenvalue weighted by atomic mass is 9.92. The van der Waals surface area contributed by atoms with Gasteiger partial charge in [-0.15, -0.1) is 0 Å². The molecule has 0 radical (unpaired) electrons. The molecule has 0 spiro atoms. The van der Waals surface area contributed by atoms with Crippen molar-refractivity contribution < 1.29 is 57.1 Å². The van der Waals surface area contributed by atoms with Crippen molar-refractivity contribution in [3.8, 4) is 0 Å². The van der Waals surface area contributed by atoms with Crippen molar-refractivity contribution in [2.45, 2.75) is 101 Å². The van der Waals surface area contributed by atoms with Gasteiger partial charge in [0.2, 0.25) is 11.8 Å². The molecule has 16 nitrogen and oxygen atoms in total. The van der Waals surface area contributed by atoms with Crippen molar-refractivity contribution >= 4 is 23.6 Å². The Hall–Kier alpha value is -7.12. The maximum absolute atomic E-state index is 14.7. The Bertz CT molecular complexity index is 2540. The van der Waals surface area contributed by atoms with E-state index in [0.717, 1.165) is 33.4 Å². The van der Waals surface area contributed by atoms with E-state index in [4.69, 9.17) is 37.9 Å². The molecule has 16 heteroatoms. The lowest BCUT2D eigenvalue weighted by molar-refractivity contribution is -0.259. The van der Waals surface area contributed by atoms with Gasteiger partial charge in [0.05, 0.1) is 52.7 Å². The van der Waals surface area contributed by atoms with Gasteiger partial charge in [-0.1, -0.05) is 182 Å². The molecule has 0 aliphatic carbocycles. The molecule has 3 aliphatic rings. The summed E-state index contributed by atoms with van der Waals surface area (Å²) in [5.74, 6) is -2.43. The number of hydrogen-bond acceptors (Lipinski definition) is 12. The third-order valence-electron chi connectivity index (χ3n) is 13.3. The summed E-state index contributed by atoms with van der Waals surface area (Å²) < 4.78 is 53.6. The van der Waals surface area contributed by atoms with Crippen LogP contribution in [-0.2, 0) is 96.7 Å². The molecule has 10 atom stereocenters. The van der Waals surface area contributed by atoms with Crippen LogP contribution in [-0.4, -0.2) is 111 Å². The van der Waals surface area contributed by atoms with E-state index < -0.39 is 97.8 Å². The average Bonchev–Trinajstić information content (AvgIpc) is 3.49. The fourth-order valence-corrected chi connectivity index (χ4v) is 9.42. The zero-order valence-electron chi connectivity index (χ0n) is 42.1. The molecule has 4 N–H and O–H groups in total. The van der Waals surface area contributed by atoms with Crippen molar-refractivity contribution in [3.05, 3.63) is 215 Å². The van der Waals surface area contributed by atoms with Gasteiger partial charge >= 0.3 is 0 Å². The molecule has 0 unspecified atom stereocenters. The molecule has 76 heavy (non-hydrogen) atoms. The zero-order chi connectivity index (χ0) is 52.3. The summed E-state index contributed by atoms with van der Waals surface area (Å²) in [6, 6.07) is 57.2. The number of ether oxygens (including phenoxy) is 8. The van der Waals surface area contributed by atoms with Gasteiger partial charge < -0.3 is 59.2 Å². The molecule has 4 bridgehead atoms. The standard InChI is InChI=1S/C60H64N4O12/c65-49-33-64-60(68)58-56(74-40-46-29-17-6-18-30-46)54(72-38-44-25-13-4-14-26-44)52(70-36-42-21-9-2-10-22-42)48(76-58)32-62-50(66)34-63-59(67)57-55(73-39-45-27-15-5-16-28-45)53(71-37-43-23-11-3-12-24-43)51(47(75-57)31-61-49)69-35-41-19-7-1-8-20-41/h1-30,47-48,51-58H,31-40H2,(H,61,65)(H,62,66)(H,63,67)(H,64,68)/t47-,48-,51-,52-,53+,54+,55-,56-,57-,58-/m0/s1. The van der Waals surface area contributed by atoms with Crippen molar-refractivity contribution in [3.63, 3.8) is 0 Å². The molecule has 6 aromatic carbocycles. The maximum atomic E-state index is 14.7. The molecular formula is C60H64N4O12. The Morgan fingerprint density at radius 2 is 0.553 bits per heavy atom. The Kier molecular flexibility index (Phi) is 19.5. The highest BCUT2D eigenvalue weighted by Gasteiger charge is 2.53. The van der Waals surface area contributed by atoms with Gasteiger partial charge in [-0.05, 0) is 33.4 Å². The molecule has 3 fully saturated rings. The summed E-state index contributed by atoms with van der Waals surface area (Å²) in [6.45, 7) is -0.611. The van der Waals surface area contributed by atoms with Gasteiger partial charge in [0.25, 0.3) is 11.8 Å². The lowest BCUT2D eigenvalue weighted by Crippen LogP contribution is -2.66. The van der Waals surface area contributed by atoms with Crippen LogP contribution in [0.15, 0.2) is 182 Å². The summed E-state index contributed by atoms with van der Waals surface area (Å²) in [5, 5.41) is 11.4. The largest absolute Gasteiger partial charge is 0.368 e. The summed E-state index contributed by atoms with van der Waals surface area (Å²) in [7, 11) is 0. The van der Waals surface area contributed by atoms with E-state index in [0.29, 0.717) is 0 Å². The van der Waals surface area contributed by atoms with Gasteiger partial charge in [0, 0.05) is 13.1 Å². The van der Waals surface area contributed by atoms with Crippen LogP contribution in [0.5, 0.6) is 0 Å². The van der Waals surface area contributed by atoms with Gasteiger partial charge in [-0.25, -0.2) is 0 Å². The minimum Gasteiger partial charge on any atom is -0.368 e. The van der Waals surface area contributed by atoms with E-state index in [9.17, 15) is 19.2 Å². The Labute approximate surface area is 442 Å². The number of hydrogen-bond donors (Lipinski definition) is 4. The van der Waals surface area contributed by atoms with E-state index >= 15 is 0 Å². The van der Waals surface area contributed by atoms with Gasteiger partial charge in [-0.3, -0.25) is 19.2 Å². The van der Waals surface area contributed by atoms with Crippen molar-refractivity contribution in [1.82, 2.24) is 21.3 Å². The predicted molar refractivity (Wildman–Crippen MR) is 279 cm³/mol. The molecule has 3 aliphatic heterocycles. The number of benzene rings is 6. The van der Waals surface area contributed by atoms with E-state index in [1.807, 2.05) is 182 Å². The second-order valence-electron chi connectivity index (χ2n) is 18.8. The summed E-state index contributed by atoms with van der Waals surface area (Å²) in [6.07, 6.45) is -10.6. The quantitative estimate of drug-likeness (QED) is 0.0847. The van der Waals surface area contributed by atoms with Crippen LogP contribution in [0.3, 0.4) is 0 Å². The highest BCUT2D eigenvalue weighted by molar-refractivity contribution is 5.88. The number of amides is 4. The van der Waals surface area contributed by atoms with Gasteiger partial charge in [0.15, 0.2) is 12.2 Å². The molecule has 0 saturated carbocycles. The topological polar surface area (TPSA) is 190 Å². The Morgan fingerprint density at radius 1 is 0.316 bits per heavy atom. The van der Waals surface area contributed by atoms with Crippen molar-refractivity contribution in [2.24, 2.45) is 0 Å². The first kappa shape index (κ1) is 53.7. The monoisotopic (exact) mass is 1030 g/mol. The second-order valence-corrected chi connectivity index (χ2v) is 18.8. The van der Waals surface area contributed by atoms with E-state index in [-0.39, 0.29) is 52.7 Å². The summed E-state index contributed by atoms with van der Waals surface area (Å²) in [5.41, 5.74) is 5.12. The predicted octanol–water partition coefficient (Wildman–Crippen LogP) is 5.51. The fraction of sp³-hybridized carbons (Fsp3) is 0.333. The van der Waals surface area contributed by atoms with Crippen LogP contribution >= 0.6 is 0 Å². The van der Waals surface area contributed by atoms with Crippen LogP contribution < -0.4 is 21.3 Å². The molecule has 396 valence electrons. The number of rotatable bonds is 18. The summed E-state index contributed by atoms with van der Waals surface area (Å²) in [4.78, 5) is 57.4. The zero-order valence-corrected chi connectivity index (χ0v) is 42.1. The number of fused-ring (bicyclic) bond motifs is 4. The Balaban J connectivity index is 1.03. The van der Waals surface area contributed by atoms with Crippen molar-refractivity contribution in [2.75, 3.05) is 26.2 Å². The lowest BCUT2D eigenvalue weighted by Gasteiger charge is -2.46. The molecule has 4 amide bonds. The van der Waals surface area contributed by atoms with E-state index in [2.05, 4.69) is 21.3 Å². The third kappa shape index (κ3) is 15.0. The number of nitrogens with one attached hydrogen (secondary N) is 4. The number of carbonyl (C=O) groups is 4. The second kappa shape index (κ2) is 27.6. The molecule has 3 heterocycles. The molecule has 3 saturated heterocycles. The minimum atomic E-state index is -1.36. The van der Waals surface area contributed by atoms with Crippen molar-refractivity contribution in [1.29, 1.82) is 0 Å². The average molecular weight is 1030 g/mol. The SMILES string of the molecule is O=C1CNC(=O)[C@H]2O[C@@H](CNC(=O)CNC(=O)[C@H]3O[C@@H](CN1)[C@H](OCc1ccccc1)[C@@H](OCc1ccccc1)[C@@H]3OCc1ccccc1)[C@H](OCc1ccccc1)[C@@H](OCc1ccccc1)[C@@H]2OCc1ccccc1. The van der Waals surface area contributed by atoms with E-state index in [1.165, 1.54) is 0 Å². The molecule has 0 aromatic heterocycles. The first-order valence-corrected chi connectivity index (χ1v) is 25.7. The highest BCUT2D eigenvalue weighted by Crippen LogP contribution is 2.33. The smallest absolute Gasteiger partial charge is 0.252 e. The number of carbonyl (C=O) groups excluding carboxylic acids is 4. The maximum Gasteiger partial charge on any atom is 0.252 e. The Morgan fingerprint density at radius 3 is 0.816 bits per heavy atom. The van der Waals surface area contributed by atoms with Gasteiger partial charge in [0.1, 0.15) is 48.8 Å². The third-order valence-corrected chi connectivity index (χ3v) is 13.3. The summed E-state index contributed by atoms with van der Waals surface area (Å²) >= 11 is 0. The molecular weight excluding hydrogens is 969 g/mol. The fourth-order valence-electron chi connectivity index (χ4n) is 9.42. The van der Waals surface area contributed by atoms with Crippen LogP contribution in [0.25, 0.3) is 0 Å². The van der Waals surface area contributed by atoms with Crippen LogP contribution in [0.1, 0.15) is 33.4 Å². The van der Waals surface area contributed by atoms with Crippen LogP contribution in [0, 0.1) is 0 Å². The van der Waals surface area contributed by atoms with Gasteiger partial charge in [-0.2, -0.15) is 0 Å². The first-order valence-electron chi connectivity index (χ1n) is 25.7. The van der Waals surface area contributed by atoms with Crippen LogP contribution in [0.4, 0.5) is 0 Å². The normalized spacial score (nSPS) is 25.4. The minimum absolute atomic E-state index is 0.0843. The van der Waals surface area contributed by atoms with Crippen LogP contribution in [0.2, 0.25) is 0 Å².